The summed E-state index contributed by atoms with van der Waals surface area (Å²) in [5.41, 5.74) is 0.824. The number of carbonyl (C=O) groups excluding carboxylic acids is 2. The molecule has 1 atom stereocenters. The molecule has 2 aromatic carbocycles. The van der Waals surface area contributed by atoms with Crippen molar-refractivity contribution in [2.75, 3.05) is 25.2 Å². The zero-order chi connectivity index (χ0) is 22.5. The first-order chi connectivity index (χ1) is 14.7. The number of hydrogen-bond donors (Lipinski definition) is 1. The molecule has 2 aromatic rings. The highest BCUT2D eigenvalue weighted by molar-refractivity contribution is 7.91. The van der Waals surface area contributed by atoms with Gasteiger partial charge in [0.2, 0.25) is 0 Å². The highest BCUT2D eigenvalue weighted by Crippen LogP contribution is 2.24. The fraction of sp³-hybridized carbons (Fsp3) is 0.304. The molecule has 31 heavy (non-hydrogen) atoms. The molecule has 0 aromatic heterocycles. The largest absolute Gasteiger partial charge is 0.497 e. The molecule has 1 aliphatic heterocycles. The smallest absolute Gasteiger partial charge is 0.339 e. The van der Waals surface area contributed by atoms with Gasteiger partial charge in [-0.2, -0.15) is 0 Å². The predicted octanol–water partition coefficient (Wildman–Crippen LogP) is 2.47. The van der Waals surface area contributed by atoms with Crippen molar-refractivity contribution < 1.29 is 27.5 Å². The first-order valence-electron chi connectivity index (χ1n) is 9.79. The Morgan fingerprint density at radius 2 is 1.87 bits per heavy atom. The fourth-order valence-electron chi connectivity index (χ4n) is 3.47. The molecular weight excluding hydrogens is 418 g/mol. The maximum Gasteiger partial charge on any atom is 0.339 e. The Hall–Kier alpha value is -3.13. The lowest BCUT2D eigenvalue weighted by atomic mass is 10.0. The quantitative estimate of drug-likeness (QED) is 0.401. The zero-order valence-corrected chi connectivity index (χ0v) is 18.3. The minimum absolute atomic E-state index is 0.0327. The summed E-state index contributed by atoms with van der Waals surface area (Å²) >= 11 is 0. The highest BCUT2D eigenvalue weighted by Gasteiger charge is 2.39. The van der Waals surface area contributed by atoms with Crippen LogP contribution in [0.4, 0.5) is 0 Å². The van der Waals surface area contributed by atoms with Gasteiger partial charge in [0.25, 0.3) is 5.91 Å². The Morgan fingerprint density at radius 1 is 1.13 bits per heavy atom. The lowest BCUT2D eigenvalue weighted by molar-refractivity contribution is -0.143. The minimum atomic E-state index is -3.16. The van der Waals surface area contributed by atoms with Crippen LogP contribution >= 0.6 is 0 Å². The Morgan fingerprint density at radius 3 is 2.52 bits per heavy atom. The van der Waals surface area contributed by atoms with E-state index in [1.165, 1.54) is 0 Å². The molecule has 0 spiro atoms. The summed E-state index contributed by atoms with van der Waals surface area (Å²) in [6, 6.07) is 16.2. The molecule has 3 rings (SSSR count). The van der Waals surface area contributed by atoms with Gasteiger partial charge in [-0.15, -0.1) is 0 Å². The molecule has 1 aliphatic rings. The monoisotopic (exact) mass is 443 g/mol. The van der Waals surface area contributed by atoms with Gasteiger partial charge >= 0.3 is 5.97 Å². The van der Waals surface area contributed by atoms with E-state index in [1.807, 2.05) is 18.2 Å². The topological polar surface area (TPSA) is 98.8 Å². The van der Waals surface area contributed by atoms with Crippen molar-refractivity contribution in [2.24, 2.45) is 0 Å². The van der Waals surface area contributed by atoms with Crippen LogP contribution in [-0.4, -0.2) is 51.1 Å². The summed E-state index contributed by atoms with van der Waals surface area (Å²) in [5.74, 6) is -0.640. The van der Waals surface area contributed by atoms with Crippen LogP contribution in [0.25, 0.3) is 11.6 Å². The molecule has 1 N–H and O–H groups in total. The van der Waals surface area contributed by atoms with Crippen LogP contribution in [0.2, 0.25) is 0 Å². The summed E-state index contributed by atoms with van der Waals surface area (Å²) in [5, 5.41) is 2.68. The maximum atomic E-state index is 12.8. The molecule has 1 unspecified atom stereocenters. The fourth-order valence-corrected chi connectivity index (χ4v) is 5.56. The number of carbonyl (C=O) groups is 2. The van der Waals surface area contributed by atoms with Gasteiger partial charge in [0.15, 0.2) is 16.4 Å². The second-order valence-corrected chi connectivity index (χ2v) is 9.91. The van der Waals surface area contributed by atoms with Gasteiger partial charge in [0.05, 0.1) is 29.7 Å². The van der Waals surface area contributed by atoms with Gasteiger partial charge in [0.1, 0.15) is 5.75 Å². The summed E-state index contributed by atoms with van der Waals surface area (Å²) < 4.78 is 33.9. The molecule has 164 valence electrons. The lowest BCUT2D eigenvalue weighted by Gasteiger charge is -2.23. The number of methoxy groups -OCH3 is 1. The van der Waals surface area contributed by atoms with Crippen LogP contribution in [-0.2, 0) is 24.2 Å². The van der Waals surface area contributed by atoms with Crippen molar-refractivity contribution >= 4 is 33.4 Å². The predicted molar refractivity (Wildman–Crippen MR) is 118 cm³/mol. The first kappa shape index (κ1) is 22.6. The van der Waals surface area contributed by atoms with E-state index in [4.69, 9.17) is 9.47 Å². The maximum absolute atomic E-state index is 12.8. The molecule has 0 bridgehead atoms. The van der Waals surface area contributed by atoms with E-state index in [0.717, 1.165) is 5.56 Å². The van der Waals surface area contributed by atoms with Crippen molar-refractivity contribution in [3.63, 3.8) is 0 Å². The Labute approximate surface area is 182 Å². The van der Waals surface area contributed by atoms with Crippen LogP contribution in [0.3, 0.4) is 0 Å². The molecule has 1 heterocycles. The van der Waals surface area contributed by atoms with E-state index < -0.39 is 33.9 Å². The third-order valence-electron chi connectivity index (χ3n) is 4.99. The van der Waals surface area contributed by atoms with E-state index in [0.29, 0.717) is 17.7 Å². The number of sulfone groups is 1. The number of hydrogen-bond acceptors (Lipinski definition) is 6. The lowest BCUT2D eigenvalue weighted by Crippen LogP contribution is -2.48. The molecule has 8 heteroatoms. The average Bonchev–Trinajstić information content (AvgIpc) is 3.03. The van der Waals surface area contributed by atoms with Crippen molar-refractivity contribution in [1.82, 2.24) is 5.32 Å². The van der Waals surface area contributed by atoms with Gasteiger partial charge in [0, 0.05) is 0 Å². The van der Waals surface area contributed by atoms with Gasteiger partial charge < -0.3 is 14.8 Å². The highest BCUT2D eigenvalue weighted by atomic mass is 32.2. The van der Waals surface area contributed by atoms with Gasteiger partial charge in [-0.05, 0) is 42.7 Å². The van der Waals surface area contributed by atoms with Crippen molar-refractivity contribution in [2.45, 2.75) is 18.9 Å². The van der Waals surface area contributed by atoms with E-state index in [1.54, 1.807) is 56.5 Å². The summed E-state index contributed by atoms with van der Waals surface area (Å²) in [7, 11) is -1.60. The molecular formula is C23H25NO6S. The number of esters is 1. The van der Waals surface area contributed by atoms with E-state index in [-0.39, 0.29) is 17.1 Å². The molecule has 7 nitrogen and oxygen atoms in total. The number of ether oxygens (including phenoxy) is 2. The van der Waals surface area contributed by atoms with Crippen LogP contribution in [0.1, 0.15) is 24.5 Å². The number of nitrogens with one attached hydrogen (secondary N) is 1. The average molecular weight is 444 g/mol. The van der Waals surface area contributed by atoms with E-state index in [9.17, 15) is 18.0 Å². The van der Waals surface area contributed by atoms with Gasteiger partial charge in [-0.25, -0.2) is 13.2 Å². The van der Waals surface area contributed by atoms with E-state index >= 15 is 0 Å². The minimum Gasteiger partial charge on any atom is -0.497 e. The normalized spacial score (nSPS) is 20.1. The second-order valence-electron chi connectivity index (χ2n) is 7.73. The zero-order valence-electron chi connectivity index (χ0n) is 17.5. The molecule has 1 saturated heterocycles. The Bertz CT molecular complexity index is 1090. The van der Waals surface area contributed by atoms with Crippen LogP contribution in [0, 0.1) is 0 Å². The van der Waals surface area contributed by atoms with Gasteiger partial charge in [-0.3, -0.25) is 4.79 Å². The third kappa shape index (κ3) is 6.18. The summed E-state index contributed by atoms with van der Waals surface area (Å²) in [6.07, 6.45) is 2.00. The van der Waals surface area contributed by atoms with Crippen molar-refractivity contribution in [3.05, 3.63) is 65.7 Å². The standard InChI is InChI=1S/C23H25NO6S/c1-23(11-12-31(27,28)16-23)24-21(25)15-30-22(26)20(18-8-4-3-5-9-18)14-17-7-6-10-19(13-17)29-2/h3-10,13-14H,11-12,15-16H2,1-2H3,(H,24,25)/b20-14+. The van der Waals surface area contributed by atoms with Gasteiger partial charge in [-0.1, -0.05) is 42.5 Å². The number of benzene rings is 2. The van der Waals surface area contributed by atoms with Crippen LogP contribution in [0.5, 0.6) is 5.75 Å². The molecule has 1 amide bonds. The van der Waals surface area contributed by atoms with Crippen LogP contribution < -0.4 is 10.1 Å². The van der Waals surface area contributed by atoms with Crippen molar-refractivity contribution in [3.8, 4) is 5.75 Å². The van der Waals surface area contributed by atoms with Crippen molar-refractivity contribution in [1.29, 1.82) is 0 Å². The summed E-state index contributed by atoms with van der Waals surface area (Å²) in [6.45, 7) is 1.17. The van der Waals surface area contributed by atoms with E-state index in [2.05, 4.69) is 5.32 Å². The number of amides is 1. The third-order valence-corrected chi connectivity index (χ3v) is 6.89. The summed E-state index contributed by atoms with van der Waals surface area (Å²) in [4.78, 5) is 25.1. The SMILES string of the molecule is COc1cccc(/C=C(/C(=O)OCC(=O)NC2(C)CCS(=O)(=O)C2)c2ccccc2)c1. The molecule has 1 fully saturated rings. The molecule has 0 saturated carbocycles. The molecule has 0 radical (unpaired) electrons. The first-order valence-corrected chi connectivity index (χ1v) is 11.6. The number of rotatable bonds is 7. The molecule has 0 aliphatic carbocycles. The second kappa shape index (κ2) is 9.34. The van der Waals surface area contributed by atoms with Crippen LogP contribution in [0.15, 0.2) is 54.6 Å². The Balaban J connectivity index is 1.73. The Kier molecular flexibility index (Phi) is 6.80.